The normalized spacial score (nSPS) is 17.2. The van der Waals surface area contributed by atoms with E-state index in [1.807, 2.05) is 25.3 Å². The molecule has 8 nitrogen and oxygen atoms in total. The van der Waals surface area contributed by atoms with Crippen LogP contribution in [-0.2, 0) is 16.9 Å². The van der Waals surface area contributed by atoms with Crippen molar-refractivity contribution >= 4 is 11.8 Å². The van der Waals surface area contributed by atoms with Crippen molar-refractivity contribution < 1.29 is 14.3 Å². The van der Waals surface area contributed by atoms with Crippen LogP contribution >= 0.6 is 0 Å². The van der Waals surface area contributed by atoms with Crippen molar-refractivity contribution in [2.45, 2.75) is 26.0 Å². The van der Waals surface area contributed by atoms with Gasteiger partial charge in [0.15, 0.2) is 5.96 Å². The highest BCUT2D eigenvalue weighted by molar-refractivity contribution is 5.79. The number of pyridine rings is 1. The standard InChI is InChI=1S/C20H29N5O3/c1-3-21-19(24-15-20(2,26)17-7-5-11-28-17)23-14-16-6-4-8-22-18(16)25-9-12-27-13-10-25/h4-8,11,26H,3,9-10,12-15H2,1-2H3,(H2,21,23,24). The van der Waals surface area contributed by atoms with Crippen LogP contribution in [0.5, 0.6) is 0 Å². The van der Waals surface area contributed by atoms with Crippen LogP contribution in [0.2, 0.25) is 0 Å². The molecule has 1 fully saturated rings. The smallest absolute Gasteiger partial charge is 0.191 e. The lowest BCUT2D eigenvalue weighted by molar-refractivity contribution is 0.0386. The molecule has 0 spiro atoms. The second-order valence-corrected chi connectivity index (χ2v) is 6.89. The van der Waals surface area contributed by atoms with Gasteiger partial charge < -0.3 is 29.8 Å². The molecule has 0 aromatic carbocycles. The van der Waals surface area contributed by atoms with Gasteiger partial charge in [-0.2, -0.15) is 0 Å². The fourth-order valence-electron chi connectivity index (χ4n) is 3.05. The number of aliphatic hydroxyl groups is 1. The van der Waals surface area contributed by atoms with E-state index in [4.69, 9.17) is 9.15 Å². The lowest BCUT2D eigenvalue weighted by atomic mass is 10.0. The van der Waals surface area contributed by atoms with Gasteiger partial charge in [-0.3, -0.25) is 0 Å². The fourth-order valence-corrected chi connectivity index (χ4v) is 3.05. The number of aromatic nitrogens is 1. The molecule has 3 heterocycles. The van der Waals surface area contributed by atoms with Crippen LogP contribution in [0.15, 0.2) is 46.1 Å². The molecule has 28 heavy (non-hydrogen) atoms. The zero-order valence-electron chi connectivity index (χ0n) is 16.5. The number of morpholine rings is 1. The molecule has 1 unspecified atom stereocenters. The number of nitrogens with one attached hydrogen (secondary N) is 2. The minimum atomic E-state index is -1.13. The third kappa shape index (κ3) is 5.24. The largest absolute Gasteiger partial charge is 0.466 e. The first-order chi connectivity index (χ1) is 13.6. The third-order valence-corrected chi connectivity index (χ3v) is 4.58. The first-order valence-electron chi connectivity index (χ1n) is 9.65. The molecule has 2 aromatic heterocycles. The van der Waals surface area contributed by atoms with Gasteiger partial charge in [0.1, 0.15) is 17.2 Å². The van der Waals surface area contributed by atoms with Gasteiger partial charge in [-0.05, 0) is 32.0 Å². The average Bonchev–Trinajstić information content (AvgIpc) is 3.27. The van der Waals surface area contributed by atoms with Crippen molar-refractivity contribution in [3.05, 3.63) is 48.0 Å². The summed E-state index contributed by atoms with van der Waals surface area (Å²) in [6, 6.07) is 7.50. The zero-order valence-corrected chi connectivity index (χ0v) is 16.5. The number of aliphatic imine (C=N–C) groups is 1. The van der Waals surface area contributed by atoms with E-state index in [-0.39, 0.29) is 6.54 Å². The number of hydrogen-bond acceptors (Lipinski definition) is 6. The Balaban J connectivity index is 1.68. The molecule has 8 heteroatoms. The topological polar surface area (TPSA) is 95.2 Å². The summed E-state index contributed by atoms with van der Waals surface area (Å²) < 4.78 is 10.8. The first kappa shape index (κ1) is 20.2. The van der Waals surface area contributed by atoms with Gasteiger partial charge in [0.05, 0.1) is 32.6 Å². The van der Waals surface area contributed by atoms with E-state index in [0.29, 0.717) is 31.5 Å². The number of nitrogens with zero attached hydrogens (tertiary/aromatic N) is 3. The molecule has 3 N–H and O–H groups in total. The molecule has 2 aromatic rings. The summed E-state index contributed by atoms with van der Waals surface area (Å²) in [5, 5.41) is 17.0. The van der Waals surface area contributed by atoms with E-state index >= 15 is 0 Å². The number of anilines is 1. The van der Waals surface area contributed by atoms with E-state index in [1.165, 1.54) is 0 Å². The van der Waals surface area contributed by atoms with Gasteiger partial charge in [-0.25, -0.2) is 9.98 Å². The van der Waals surface area contributed by atoms with Gasteiger partial charge in [0, 0.05) is 31.4 Å². The Morgan fingerprint density at radius 3 is 2.82 bits per heavy atom. The minimum absolute atomic E-state index is 0.274. The van der Waals surface area contributed by atoms with Crippen molar-refractivity contribution in [1.29, 1.82) is 0 Å². The lowest BCUT2D eigenvalue weighted by Gasteiger charge is -2.29. The Hall–Kier alpha value is -2.58. The molecule has 0 aliphatic carbocycles. The van der Waals surface area contributed by atoms with Crippen LogP contribution in [0.3, 0.4) is 0 Å². The lowest BCUT2D eigenvalue weighted by Crippen LogP contribution is -2.44. The molecule has 0 bridgehead atoms. The number of furan rings is 1. The maximum atomic E-state index is 10.6. The quantitative estimate of drug-likeness (QED) is 0.489. The number of ether oxygens (including phenoxy) is 1. The number of guanidine groups is 1. The molecule has 1 aliphatic heterocycles. The molecular weight excluding hydrogens is 358 g/mol. The highest BCUT2D eigenvalue weighted by Gasteiger charge is 2.26. The molecule has 0 amide bonds. The molecule has 1 saturated heterocycles. The Morgan fingerprint density at radius 1 is 1.29 bits per heavy atom. The SMILES string of the molecule is CCNC(=NCc1cccnc1N1CCOCC1)NCC(C)(O)c1ccco1. The van der Waals surface area contributed by atoms with Crippen LogP contribution in [0.25, 0.3) is 0 Å². The van der Waals surface area contributed by atoms with Crippen molar-refractivity contribution in [2.75, 3.05) is 44.3 Å². The summed E-state index contributed by atoms with van der Waals surface area (Å²) in [5.74, 6) is 2.09. The maximum Gasteiger partial charge on any atom is 0.191 e. The van der Waals surface area contributed by atoms with Crippen LogP contribution in [-0.4, -0.2) is 55.4 Å². The second kappa shape index (κ2) is 9.57. The molecule has 0 saturated carbocycles. The summed E-state index contributed by atoms with van der Waals surface area (Å²) in [5.41, 5.74) is -0.0770. The predicted molar refractivity (Wildman–Crippen MR) is 108 cm³/mol. The van der Waals surface area contributed by atoms with Gasteiger partial charge in [-0.1, -0.05) is 6.07 Å². The molecule has 1 atom stereocenters. The van der Waals surface area contributed by atoms with Gasteiger partial charge in [0.25, 0.3) is 0 Å². The third-order valence-electron chi connectivity index (χ3n) is 4.58. The van der Waals surface area contributed by atoms with Crippen LogP contribution in [0, 0.1) is 0 Å². The van der Waals surface area contributed by atoms with Gasteiger partial charge in [0.2, 0.25) is 0 Å². The van der Waals surface area contributed by atoms with E-state index in [1.54, 1.807) is 25.3 Å². The Bertz CT molecular complexity index is 755. The van der Waals surface area contributed by atoms with E-state index < -0.39 is 5.60 Å². The second-order valence-electron chi connectivity index (χ2n) is 6.89. The molecule has 1 aliphatic rings. The summed E-state index contributed by atoms with van der Waals surface area (Å²) in [6.07, 6.45) is 3.36. The minimum Gasteiger partial charge on any atom is -0.466 e. The van der Waals surface area contributed by atoms with Crippen molar-refractivity contribution in [3.63, 3.8) is 0 Å². The van der Waals surface area contributed by atoms with Crippen LogP contribution in [0.4, 0.5) is 5.82 Å². The molecular formula is C20H29N5O3. The zero-order chi connectivity index (χ0) is 19.8. The molecule has 3 rings (SSSR count). The van der Waals surface area contributed by atoms with Crippen molar-refractivity contribution in [2.24, 2.45) is 4.99 Å². The highest BCUT2D eigenvalue weighted by Crippen LogP contribution is 2.20. The van der Waals surface area contributed by atoms with Crippen molar-refractivity contribution in [3.8, 4) is 0 Å². The fraction of sp³-hybridized carbons (Fsp3) is 0.500. The van der Waals surface area contributed by atoms with E-state index in [9.17, 15) is 5.11 Å². The van der Waals surface area contributed by atoms with E-state index in [0.717, 1.165) is 31.0 Å². The summed E-state index contributed by atoms with van der Waals surface area (Å²) in [7, 11) is 0. The Morgan fingerprint density at radius 2 is 2.11 bits per heavy atom. The number of rotatable bonds is 7. The Kier molecular flexibility index (Phi) is 6.89. The van der Waals surface area contributed by atoms with Gasteiger partial charge in [-0.15, -0.1) is 0 Å². The van der Waals surface area contributed by atoms with E-state index in [2.05, 4.69) is 25.5 Å². The highest BCUT2D eigenvalue weighted by atomic mass is 16.5. The monoisotopic (exact) mass is 387 g/mol. The molecule has 0 radical (unpaired) electrons. The predicted octanol–water partition coefficient (Wildman–Crippen LogP) is 1.47. The summed E-state index contributed by atoms with van der Waals surface area (Å²) >= 11 is 0. The average molecular weight is 387 g/mol. The van der Waals surface area contributed by atoms with Crippen molar-refractivity contribution in [1.82, 2.24) is 15.6 Å². The Labute approximate surface area is 165 Å². The van der Waals surface area contributed by atoms with Crippen LogP contribution < -0.4 is 15.5 Å². The molecule has 152 valence electrons. The van der Waals surface area contributed by atoms with Crippen LogP contribution in [0.1, 0.15) is 25.2 Å². The summed E-state index contributed by atoms with van der Waals surface area (Å²) in [4.78, 5) is 11.5. The number of hydrogen-bond donors (Lipinski definition) is 3. The maximum absolute atomic E-state index is 10.6. The first-order valence-corrected chi connectivity index (χ1v) is 9.65. The van der Waals surface area contributed by atoms with Gasteiger partial charge >= 0.3 is 0 Å². The summed E-state index contributed by atoms with van der Waals surface area (Å²) in [6.45, 7) is 8.28.